The van der Waals surface area contributed by atoms with Crippen LogP contribution in [0.15, 0.2) is 65.5 Å². The highest BCUT2D eigenvalue weighted by atomic mass is 16.6. The van der Waals surface area contributed by atoms with Crippen LogP contribution in [-0.4, -0.2) is 39.6 Å². The average molecular weight is 488 g/mol. The highest BCUT2D eigenvalue weighted by molar-refractivity contribution is 5.95. The average Bonchev–Trinajstić information content (AvgIpc) is 2.85. The first kappa shape index (κ1) is 24.0. The number of amides is 1. The molecule has 0 radical (unpaired) electrons. The van der Waals surface area contributed by atoms with Crippen LogP contribution in [0.1, 0.15) is 11.4 Å². The summed E-state index contributed by atoms with van der Waals surface area (Å²) in [7, 11) is 1.44. The SMILES string of the molecule is COc1cc(/C=C/c2nc(O)c([N+](=O)[O-])c(=O)[nH]2)ccc1OCC(=O)Nc1ccc2ccccc2c1. The maximum Gasteiger partial charge on any atom is 0.395 e. The monoisotopic (exact) mass is 488 g/mol. The molecular weight excluding hydrogens is 468 g/mol. The van der Waals surface area contributed by atoms with Crippen LogP contribution in [0.4, 0.5) is 11.4 Å². The highest BCUT2D eigenvalue weighted by Gasteiger charge is 2.21. The molecule has 0 aliphatic rings. The second-order valence-electron chi connectivity index (χ2n) is 7.52. The minimum Gasteiger partial charge on any atom is -0.493 e. The molecule has 36 heavy (non-hydrogen) atoms. The lowest BCUT2D eigenvalue weighted by atomic mass is 10.1. The Morgan fingerprint density at radius 3 is 2.61 bits per heavy atom. The van der Waals surface area contributed by atoms with Crippen molar-refractivity contribution in [3.05, 3.63) is 92.5 Å². The van der Waals surface area contributed by atoms with Crippen LogP contribution in [0.3, 0.4) is 0 Å². The van der Waals surface area contributed by atoms with Gasteiger partial charge in [-0.25, -0.2) is 0 Å². The van der Waals surface area contributed by atoms with Crippen LogP contribution in [0, 0.1) is 10.1 Å². The summed E-state index contributed by atoms with van der Waals surface area (Å²) in [5.74, 6) is -0.713. The van der Waals surface area contributed by atoms with E-state index in [1.807, 2.05) is 42.5 Å². The van der Waals surface area contributed by atoms with Crippen LogP contribution in [0.2, 0.25) is 0 Å². The van der Waals surface area contributed by atoms with Gasteiger partial charge in [0.2, 0.25) is 0 Å². The van der Waals surface area contributed by atoms with E-state index in [1.165, 1.54) is 13.2 Å². The van der Waals surface area contributed by atoms with Crippen LogP contribution >= 0.6 is 0 Å². The number of ether oxygens (including phenoxy) is 2. The van der Waals surface area contributed by atoms with Gasteiger partial charge in [-0.3, -0.25) is 19.7 Å². The van der Waals surface area contributed by atoms with E-state index in [9.17, 15) is 24.8 Å². The number of aromatic nitrogens is 2. The third-order valence-corrected chi connectivity index (χ3v) is 5.09. The van der Waals surface area contributed by atoms with Crippen molar-refractivity contribution >= 4 is 40.2 Å². The molecule has 182 valence electrons. The maximum absolute atomic E-state index is 12.4. The fourth-order valence-electron chi connectivity index (χ4n) is 3.41. The fourth-order valence-corrected chi connectivity index (χ4v) is 3.41. The molecule has 3 N–H and O–H groups in total. The fraction of sp³-hybridized carbons (Fsp3) is 0.0800. The Hall–Kier alpha value is -5.19. The normalized spacial score (nSPS) is 10.9. The molecule has 0 unspecified atom stereocenters. The molecule has 0 spiro atoms. The van der Waals surface area contributed by atoms with Crippen molar-refractivity contribution in [1.29, 1.82) is 0 Å². The first-order valence-electron chi connectivity index (χ1n) is 10.6. The smallest absolute Gasteiger partial charge is 0.395 e. The van der Waals surface area contributed by atoms with Crippen LogP contribution in [0.5, 0.6) is 17.4 Å². The number of hydrogen-bond donors (Lipinski definition) is 3. The summed E-state index contributed by atoms with van der Waals surface area (Å²) < 4.78 is 11.0. The Labute approximate surface area is 203 Å². The molecule has 0 aliphatic carbocycles. The van der Waals surface area contributed by atoms with Crippen LogP contribution < -0.4 is 20.3 Å². The first-order valence-corrected chi connectivity index (χ1v) is 10.6. The van der Waals surface area contributed by atoms with E-state index >= 15 is 0 Å². The van der Waals surface area contributed by atoms with Gasteiger partial charge in [-0.1, -0.05) is 42.5 Å². The van der Waals surface area contributed by atoms with Gasteiger partial charge in [0.1, 0.15) is 5.82 Å². The van der Waals surface area contributed by atoms with E-state index < -0.39 is 22.0 Å². The van der Waals surface area contributed by atoms with E-state index in [4.69, 9.17) is 9.47 Å². The third kappa shape index (κ3) is 5.47. The van der Waals surface area contributed by atoms with E-state index in [2.05, 4.69) is 15.3 Å². The Balaban J connectivity index is 1.42. The first-order chi connectivity index (χ1) is 17.3. The zero-order valence-corrected chi connectivity index (χ0v) is 18.9. The lowest BCUT2D eigenvalue weighted by molar-refractivity contribution is -0.387. The Kier molecular flexibility index (Phi) is 6.91. The van der Waals surface area contributed by atoms with Crippen molar-refractivity contribution in [1.82, 2.24) is 9.97 Å². The standard InChI is InChI=1S/C25H20N4O7/c1-35-20-12-15(7-11-21-27-24(31)23(29(33)34)25(32)28-21)6-10-19(20)36-14-22(30)26-18-9-8-16-4-2-3-5-17(16)13-18/h2-13H,14H2,1H3,(H,26,30)(H2,27,28,31,32)/b11-7+. The van der Waals surface area contributed by atoms with E-state index in [-0.39, 0.29) is 18.3 Å². The van der Waals surface area contributed by atoms with Crippen molar-refractivity contribution in [3.8, 4) is 17.4 Å². The summed E-state index contributed by atoms with van der Waals surface area (Å²) in [6.07, 6.45) is 2.90. The molecule has 0 fully saturated rings. The van der Waals surface area contributed by atoms with Crippen molar-refractivity contribution in [2.75, 3.05) is 19.0 Å². The van der Waals surface area contributed by atoms with Gasteiger partial charge < -0.3 is 24.9 Å². The van der Waals surface area contributed by atoms with Crippen molar-refractivity contribution in [2.24, 2.45) is 0 Å². The molecule has 0 saturated heterocycles. The molecule has 0 aliphatic heterocycles. The van der Waals surface area contributed by atoms with Crippen molar-refractivity contribution in [3.63, 3.8) is 0 Å². The second kappa shape index (κ2) is 10.4. The van der Waals surface area contributed by atoms with Gasteiger partial charge in [0.15, 0.2) is 18.1 Å². The zero-order chi connectivity index (χ0) is 25.7. The van der Waals surface area contributed by atoms with Gasteiger partial charge in [-0.05, 0) is 46.7 Å². The summed E-state index contributed by atoms with van der Waals surface area (Å²) in [5.41, 5.74) is -0.839. The lowest BCUT2D eigenvalue weighted by Crippen LogP contribution is -2.20. The number of nitrogens with one attached hydrogen (secondary N) is 2. The molecule has 0 atom stereocenters. The number of nitrogens with zero attached hydrogens (tertiary/aromatic N) is 2. The van der Waals surface area contributed by atoms with E-state index in [0.717, 1.165) is 10.8 Å². The van der Waals surface area contributed by atoms with Crippen LogP contribution in [-0.2, 0) is 4.79 Å². The number of aromatic amines is 1. The minimum atomic E-state index is -1.07. The number of nitro groups is 1. The van der Waals surface area contributed by atoms with E-state index in [1.54, 1.807) is 24.3 Å². The lowest BCUT2D eigenvalue weighted by Gasteiger charge is -2.12. The molecule has 11 heteroatoms. The number of H-pyrrole nitrogens is 1. The van der Waals surface area contributed by atoms with Gasteiger partial charge in [0.05, 0.1) is 12.0 Å². The molecule has 4 rings (SSSR count). The quantitative estimate of drug-likeness (QED) is 0.250. The molecule has 0 bridgehead atoms. The molecule has 3 aromatic carbocycles. The molecule has 0 saturated carbocycles. The number of aromatic hydroxyl groups is 1. The van der Waals surface area contributed by atoms with Crippen LogP contribution in [0.25, 0.3) is 22.9 Å². The van der Waals surface area contributed by atoms with E-state index in [0.29, 0.717) is 22.7 Å². The summed E-state index contributed by atoms with van der Waals surface area (Å²) in [5, 5.41) is 25.3. The highest BCUT2D eigenvalue weighted by Crippen LogP contribution is 2.29. The topological polar surface area (TPSA) is 157 Å². The number of fused-ring (bicyclic) bond motifs is 1. The van der Waals surface area contributed by atoms with Gasteiger partial charge in [0.25, 0.3) is 11.8 Å². The number of benzene rings is 3. The number of methoxy groups -OCH3 is 1. The van der Waals surface area contributed by atoms with Crippen molar-refractivity contribution in [2.45, 2.75) is 0 Å². The number of carbonyl (C=O) groups excluding carboxylic acids is 1. The predicted molar refractivity (Wildman–Crippen MR) is 133 cm³/mol. The Morgan fingerprint density at radius 2 is 1.89 bits per heavy atom. The third-order valence-electron chi connectivity index (χ3n) is 5.09. The van der Waals surface area contributed by atoms with Crippen molar-refractivity contribution < 1.29 is 24.3 Å². The number of rotatable bonds is 8. The summed E-state index contributed by atoms with van der Waals surface area (Å²) in [4.78, 5) is 39.7. The zero-order valence-electron chi connectivity index (χ0n) is 18.9. The maximum atomic E-state index is 12.4. The van der Waals surface area contributed by atoms with Gasteiger partial charge >= 0.3 is 11.2 Å². The second-order valence-corrected chi connectivity index (χ2v) is 7.52. The predicted octanol–water partition coefficient (Wildman–Crippen LogP) is 3.73. The molecule has 4 aromatic rings. The number of hydrogen-bond acceptors (Lipinski definition) is 8. The number of carbonyl (C=O) groups is 1. The minimum absolute atomic E-state index is 0.0762. The summed E-state index contributed by atoms with van der Waals surface area (Å²) >= 11 is 0. The van der Waals surface area contributed by atoms with Gasteiger partial charge in [0, 0.05) is 5.69 Å². The molecule has 1 heterocycles. The summed E-state index contributed by atoms with van der Waals surface area (Å²) in [6, 6.07) is 18.3. The molecular formula is C25H20N4O7. The molecule has 11 nitrogen and oxygen atoms in total. The molecule has 1 amide bonds. The Morgan fingerprint density at radius 1 is 1.11 bits per heavy atom. The van der Waals surface area contributed by atoms with Gasteiger partial charge in [-0.15, -0.1) is 0 Å². The van der Waals surface area contributed by atoms with Gasteiger partial charge in [-0.2, -0.15) is 4.98 Å². The Bertz CT molecular complexity index is 1550. The molecule has 1 aromatic heterocycles. The largest absolute Gasteiger partial charge is 0.493 e. The summed E-state index contributed by atoms with van der Waals surface area (Å²) in [6.45, 7) is -0.244. The number of anilines is 1.